The molecular weight excluding hydrogens is 328 g/mol. The van der Waals surface area contributed by atoms with Crippen LogP contribution in [-0.2, 0) is 0 Å². The fraction of sp³-hybridized carbons (Fsp3) is 0.214. The Hall–Kier alpha value is -1.95. The van der Waals surface area contributed by atoms with E-state index in [2.05, 4.69) is 15.9 Å². The first-order valence-corrected chi connectivity index (χ1v) is 6.63. The standard InChI is InChI=1S/C14H13BrO5/c1-8(11-5-6-12(20-11)14(16)17)19-9-3-4-10(15)13(7-9)18-2/h3-8H,1-2H3,(H,16,17). The summed E-state index contributed by atoms with van der Waals surface area (Å²) in [6.45, 7) is 1.78. The maximum Gasteiger partial charge on any atom is 0.371 e. The van der Waals surface area contributed by atoms with Crippen LogP contribution in [0, 0.1) is 0 Å². The van der Waals surface area contributed by atoms with Crippen molar-refractivity contribution >= 4 is 21.9 Å². The lowest BCUT2D eigenvalue weighted by molar-refractivity contribution is 0.0655. The van der Waals surface area contributed by atoms with Crippen molar-refractivity contribution in [3.05, 3.63) is 46.3 Å². The van der Waals surface area contributed by atoms with Crippen LogP contribution >= 0.6 is 15.9 Å². The third-order valence-electron chi connectivity index (χ3n) is 2.67. The Labute approximate surface area is 124 Å². The van der Waals surface area contributed by atoms with Gasteiger partial charge in [-0.1, -0.05) is 0 Å². The van der Waals surface area contributed by atoms with Gasteiger partial charge in [-0.05, 0) is 47.1 Å². The molecule has 106 valence electrons. The molecule has 1 aromatic carbocycles. The van der Waals surface area contributed by atoms with E-state index < -0.39 is 12.1 Å². The third kappa shape index (κ3) is 3.14. The smallest absolute Gasteiger partial charge is 0.371 e. The van der Waals surface area contributed by atoms with Crippen molar-refractivity contribution in [1.29, 1.82) is 0 Å². The van der Waals surface area contributed by atoms with Crippen molar-refractivity contribution in [3.8, 4) is 11.5 Å². The van der Waals surface area contributed by atoms with E-state index in [1.807, 2.05) is 6.07 Å². The second-order valence-electron chi connectivity index (χ2n) is 4.06. The number of furan rings is 1. The molecule has 1 heterocycles. The summed E-state index contributed by atoms with van der Waals surface area (Å²) in [5.74, 6) is 0.494. The molecule has 0 fully saturated rings. The van der Waals surface area contributed by atoms with Gasteiger partial charge in [0.2, 0.25) is 5.76 Å². The summed E-state index contributed by atoms with van der Waals surface area (Å²) < 4.78 is 16.9. The number of rotatable bonds is 5. The zero-order valence-corrected chi connectivity index (χ0v) is 12.5. The largest absolute Gasteiger partial charge is 0.495 e. The summed E-state index contributed by atoms with van der Waals surface area (Å²) in [5.41, 5.74) is 0. The molecule has 0 aliphatic heterocycles. The zero-order chi connectivity index (χ0) is 14.7. The fourth-order valence-corrected chi connectivity index (χ4v) is 2.07. The van der Waals surface area contributed by atoms with Gasteiger partial charge >= 0.3 is 5.97 Å². The van der Waals surface area contributed by atoms with Crippen molar-refractivity contribution in [2.75, 3.05) is 7.11 Å². The van der Waals surface area contributed by atoms with Gasteiger partial charge in [0.25, 0.3) is 0 Å². The third-order valence-corrected chi connectivity index (χ3v) is 3.33. The van der Waals surface area contributed by atoms with E-state index in [0.29, 0.717) is 17.3 Å². The van der Waals surface area contributed by atoms with Crippen LogP contribution in [0.15, 0.2) is 39.2 Å². The number of aromatic carboxylic acids is 1. The monoisotopic (exact) mass is 340 g/mol. The first kappa shape index (κ1) is 14.5. The van der Waals surface area contributed by atoms with E-state index >= 15 is 0 Å². The summed E-state index contributed by atoms with van der Waals surface area (Å²) in [5, 5.41) is 8.81. The number of methoxy groups -OCH3 is 1. The molecule has 0 bridgehead atoms. The van der Waals surface area contributed by atoms with Crippen LogP contribution in [-0.4, -0.2) is 18.2 Å². The molecule has 1 N–H and O–H groups in total. The average molecular weight is 341 g/mol. The number of carboxylic acid groups (broad SMARTS) is 1. The lowest BCUT2D eigenvalue weighted by atomic mass is 10.3. The second-order valence-corrected chi connectivity index (χ2v) is 4.92. The molecule has 0 saturated carbocycles. The van der Waals surface area contributed by atoms with Crippen molar-refractivity contribution < 1.29 is 23.8 Å². The molecule has 0 aliphatic rings. The maximum atomic E-state index is 10.8. The van der Waals surface area contributed by atoms with E-state index in [4.69, 9.17) is 19.0 Å². The van der Waals surface area contributed by atoms with Crippen LogP contribution in [0.5, 0.6) is 11.5 Å². The van der Waals surface area contributed by atoms with Gasteiger partial charge in [0.1, 0.15) is 17.3 Å². The maximum absolute atomic E-state index is 10.8. The first-order valence-electron chi connectivity index (χ1n) is 5.84. The van der Waals surface area contributed by atoms with Crippen LogP contribution in [0.2, 0.25) is 0 Å². The number of ether oxygens (including phenoxy) is 2. The Bertz CT molecular complexity index is 620. The topological polar surface area (TPSA) is 68.9 Å². The van der Waals surface area contributed by atoms with Crippen molar-refractivity contribution in [3.63, 3.8) is 0 Å². The summed E-state index contributed by atoms with van der Waals surface area (Å²) in [4.78, 5) is 10.8. The zero-order valence-electron chi connectivity index (χ0n) is 10.9. The van der Waals surface area contributed by atoms with Crippen LogP contribution < -0.4 is 9.47 Å². The Morgan fingerprint density at radius 1 is 1.35 bits per heavy atom. The minimum absolute atomic E-state index is 0.108. The molecule has 1 atom stereocenters. The Morgan fingerprint density at radius 3 is 2.70 bits per heavy atom. The van der Waals surface area contributed by atoms with Gasteiger partial charge in [-0.3, -0.25) is 0 Å². The van der Waals surface area contributed by atoms with E-state index in [1.54, 1.807) is 32.2 Å². The van der Waals surface area contributed by atoms with Gasteiger partial charge in [0.15, 0.2) is 6.10 Å². The number of hydrogen-bond acceptors (Lipinski definition) is 4. The highest BCUT2D eigenvalue weighted by molar-refractivity contribution is 9.10. The molecular formula is C14H13BrO5. The molecule has 0 aliphatic carbocycles. The highest BCUT2D eigenvalue weighted by Crippen LogP contribution is 2.31. The fourth-order valence-electron chi connectivity index (χ4n) is 1.66. The predicted molar refractivity (Wildman–Crippen MR) is 75.4 cm³/mol. The van der Waals surface area contributed by atoms with Gasteiger partial charge in [0, 0.05) is 6.07 Å². The van der Waals surface area contributed by atoms with E-state index in [0.717, 1.165) is 4.47 Å². The van der Waals surface area contributed by atoms with Crippen molar-refractivity contribution in [2.45, 2.75) is 13.0 Å². The van der Waals surface area contributed by atoms with Crippen LogP contribution in [0.4, 0.5) is 0 Å². The first-order chi connectivity index (χ1) is 9.51. The molecule has 6 heteroatoms. The number of carbonyl (C=O) groups is 1. The van der Waals surface area contributed by atoms with Crippen LogP contribution in [0.25, 0.3) is 0 Å². The lowest BCUT2D eigenvalue weighted by Gasteiger charge is -2.13. The highest BCUT2D eigenvalue weighted by atomic mass is 79.9. The minimum atomic E-state index is -1.10. The quantitative estimate of drug-likeness (QED) is 0.894. The summed E-state index contributed by atoms with van der Waals surface area (Å²) >= 11 is 3.36. The van der Waals surface area contributed by atoms with Crippen LogP contribution in [0.3, 0.4) is 0 Å². The summed E-state index contributed by atoms with van der Waals surface area (Å²) in [6, 6.07) is 8.32. The normalized spacial score (nSPS) is 11.9. The van der Waals surface area contributed by atoms with Gasteiger partial charge in [-0.25, -0.2) is 4.79 Å². The number of halogens is 1. The summed E-state index contributed by atoms with van der Waals surface area (Å²) in [7, 11) is 1.57. The molecule has 5 nitrogen and oxygen atoms in total. The van der Waals surface area contributed by atoms with Crippen molar-refractivity contribution in [1.82, 2.24) is 0 Å². The molecule has 1 aromatic heterocycles. The molecule has 2 rings (SSSR count). The minimum Gasteiger partial charge on any atom is -0.495 e. The van der Waals surface area contributed by atoms with E-state index in [-0.39, 0.29) is 5.76 Å². The van der Waals surface area contributed by atoms with Gasteiger partial charge in [0.05, 0.1) is 11.6 Å². The Balaban J connectivity index is 2.14. The van der Waals surface area contributed by atoms with Crippen molar-refractivity contribution in [2.24, 2.45) is 0 Å². The predicted octanol–water partition coefficient (Wildman–Crippen LogP) is 3.89. The molecule has 20 heavy (non-hydrogen) atoms. The molecule has 0 radical (unpaired) electrons. The van der Waals surface area contributed by atoms with Gasteiger partial charge < -0.3 is 19.0 Å². The molecule has 1 unspecified atom stereocenters. The Kier molecular flexibility index (Phi) is 4.34. The van der Waals surface area contributed by atoms with E-state index in [9.17, 15) is 4.79 Å². The van der Waals surface area contributed by atoms with E-state index in [1.165, 1.54) is 6.07 Å². The van der Waals surface area contributed by atoms with Crippen LogP contribution in [0.1, 0.15) is 29.3 Å². The molecule has 0 spiro atoms. The lowest BCUT2D eigenvalue weighted by Crippen LogP contribution is -2.02. The molecule has 0 amide bonds. The van der Waals surface area contributed by atoms with Gasteiger partial charge in [-0.15, -0.1) is 0 Å². The summed E-state index contributed by atoms with van der Waals surface area (Å²) in [6.07, 6.45) is -0.408. The second kappa shape index (κ2) is 6.00. The van der Waals surface area contributed by atoms with Gasteiger partial charge in [-0.2, -0.15) is 0 Å². The molecule has 2 aromatic rings. The number of carboxylic acids is 1. The number of benzene rings is 1. The molecule has 0 saturated heterocycles. The SMILES string of the molecule is COc1cc(OC(C)c2ccc(C(=O)O)o2)ccc1Br. The number of hydrogen-bond donors (Lipinski definition) is 1. The average Bonchev–Trinajstić information content (AvgIpc) is 2.91. The Morgan fingerprint density at radius 2 is 2.10 bits per heavy atom. The highest BCUT2D eigenvalue weighted by Gasteiger charge is 2.16.